The van der Waals surface area contributed by atoms with E-state index in [1.807, 2.05) is 27.7 Å². The normalized spacial score (nSPS) is 29.3. The van der Waals surface area contributed by atoms with Crippen LogP contribution in [0.1, 0.15) is 99.0 Å². The van der Waals surface area contributed by atoms with Crippen molar-refractivity contribution in [2.45, 2.75) is 142 Å². The standard InChI is InChI=1S/C41H62N4O10/c1-10-25(6)34-32(46)22-33(47)55-35(24(4)5)36(48)42-29(20-23(2)3)37(49)45-19-11-12-30(45)38(50)44(8)31(21-27-13-15-28(53-9)16-14-27)39(51)54-26(7)41(17-18-41)40(52)43-34/h13-16,23-26,29-32,34-35,46H,10-12,17-22H2,1-9H3,(H,42,48)(H,43,52)/t25-,26?,29-,30-,31-,32-,34?,35-/m0/s1. The number of carbonyl (C=O) groups is 6. The molecular formula is C41H62N4O10. The Hall–Kier alpha value is -4.20. The van der Waals surface area contributed by atoms with Crippen LogP contribution in [0.5, 0.6) is 5.75 Å². The van der Waals surface area contributed by atoms with Crippen LogP contribution in [0.4, 0.5) is 0 Å². The van der Waals surface area contributed by atoms with Gasteiger partial charge in [-0.1, -0.05) is 60.1 Å². The number of fused-ring (bicyclic) bond motifs is 1. The number of esters is 2. The van der Waals surface area contributed by atoms with Gasteiger partial charge in [-0.3, -0.25) is 24.0 Å². The number of carbonyl (C=O) groups excluding carboxylic acids is 6. The molecule has 55 heavy (non-hydrogen) atoms. The molecule has 2 heterocycles. The van der Waals surface area contributed by atoms with E-state index in [1.54, 1.807) is 52.1 Å². The summed E-state index contributed by atoms with van der Waals surface area (Å²) in [6.45, 7) is 12.9. The molecule has 2 saturated heterocycles. The number of likely N-dealkylation sites (N-methyl/N-ethyl adjacent to an activating group) is 1. The van der Waals surface area contributed by atoms with Crippen molar-refractivity contribution in [1.29, 1.82) is 0 Å². The summed E-state index contributed by atoms with van der Waals surface area (Å²) in [5.41, 5.74) is -0.338. The van der Waals surface area contributed by atoms with Crippen molar-refractivity contribution in [1.82, 2.24) is 20.4 Å². The van der Waals surface area contributed by atoms with Crippen molar-refractivity contribution < 1.29 is 48.1 Å². The molecule has 1 saturated carbocycles. The highest BCUT2D eigenvalue weighted by molar-refractivity contribution is 5.95. The molecule has 1 aromatic rings. The lowest BCUT2D eigenvalue weighted by molar-refractivity contribution is -0.164. The second-order valence-electron chi connectivity index (χ2n) is 16.4. The van der Waals surface area contributed by atoms with E-state index in [4.69, 9.17) is 14.2 Å². The minimum absolute atomic E-state index is 0.0218. The third kappa shape index (κ3) is 10.4. The highest BCUT2D eigenvalue weighted by Crippen LogP contribution is 2.50. The van der Waals surface area contributed by atoms with E-state index in [9.17, 15) is 33.9 Å². The van der Waals surface area contributed by atoms with Crippen molar-refractivity contribution in [2.24, 2.45) is 23.2 Å². The van der Waals surface area contributed by atoms with Crippen LogP contribution in [-0.4, -0.2) is 114 Å². The van der Waals surface area contributed by atoms with Gasteiger partial charge in [-0.2, -0.15) is 0 Å². The van der Waals surface area contributed by atoms with Gasteiger partial charge >= 0.3 is 11.9 Å². The van der Waals surface area contributed by atoms with Crippen molar-refractivity contribution in [3.05, 3.63) is 29.8 Å². The minimum atomic E-state index is -1.35. The van der Waals surface area contributed by atoms with Crippen molar-refractivity contribution >= 4 is 35.6 Å². The molecule has 2 aliphatic heterocycles. The first kappa shape index (κ1) is 43.5. The fraction of sp³-hybridized carbons (Fsp3) is 0.707. The van der Waals surface area contributed by atoms with Crippen molar-refractivity contribution in [3.63, 3.8) is 0 Å². The molecule has 0 aromatic heterocycles. The first-order chi connectivity index (χ1) is 25.9. The van der Waals surface area contributed by atoms with Gasteiger partial charge < -0.3 is 39.8 Å². The summed E-state index contributed by atoms with van der Waals surface area (Å²) in [5.74, 6) is -3.64. The van der Waals surface area contributed by atoms with Gasteiger partial charge in [-0.15, -0.1) is 0 Å². The van der Waals surface area contributed by atoms with Gasteiger partial charge in [0, 0.05) is 20.0 Å². The lowest BCUT2D eigenvalue weighted by Crippen LogP contribution is -2.57. The van der Waals surface area contributed by atoms with Crippen LogP contribution in [0.2, 0.25) is 0 Å². The molecule has 306 valence electrons. The Labute approximate surface area is 325 Å². The molecule has 4 amide bonds. The van der Waals surface area contributed by atoms with E-state index in [-0.39, 0.29) is 31.2 Å². The number of nitrogens with zero attached hydrogens (tertiary/aromatic N) is 2. The maximum absolute atomic E-state index is 14.4. The third-order valence-corrected chi connectivity index (χ3v) is 11.6. The van der Waals surface area contributed by atoms with Gasteiger partial charge in [0.05, 0.1) is 31.1 Å². The Kier molecular flexibility index (Phi) is 14.7. The third-order valence-electron chi connectivity index (χ3n) is 11.6. The SMILES string of the molecule is CC[C@H](C)C1NC(=O)C2(CC2)C(C)OC(=O)[C@H](Cc2ccc(OC)cc2)N(C)C(=O)[C@@H]2CCCN2C(=O)[C@H](CC(C)C)NC(=O)[C@H](C(C)C)OC(=O)C[C@@H]1O. The number of cyclic esters (lactones) is 2. The van der Waals surface area contributed by atoms with E-state index in [0.717, 1.165) is 5.56 Å². The van der Waals surface area contributed by atoms with Gasteiger partial charge in [0.25, 0.3) is 5.91 Å². The molecule has 3 fully saturated rings. The fourth-order valence-corrected chi connectivity index (χ4v) is 7.65. The monoisotopic (exact) mass is 770 g/mol. The molecule has 0 radical (unpaired) electrons. The van der Waals surface area contributed by atoms with Gasteiger partial charge in [-0.25, -0.2) is 4.79 Å². The molecule has 4 rings (SSSR count). The predicted octanol–water partition coefficient (Wildman–Crippen LogP) is 3.16. The number of aliphatic hydroxyl groups excluding tert-OH is 1. The number of rotatable bonds is 8. The summed E-state index contributed by atoms with van der Waals surface area (Å²) in [6.07, 6.45) is -1.32. The molecule has 1 spiro atoms. The number of methoxy groups -OCH3 is 1. The van der Waals surface area contributed by atoms with Crippen molar-refractivity contribution in [2.75, 3.05) is 20.7 Å². The number of nitrogens with one attached hydrogen (secondary N) is 2. The summed E-state index contributed by atoms with van der Waals surface area (Å²) in [5, 5.41) is 17.1. The minimum Gasteiger partial charge on any atom is -0.497 e. The van der Waals surface area contributed by atoms with Crippen LogP contribution in [-0.2, 0) is 44.7 Å². The van der Waals surface area contributed by atoms with Gasteiger partial charge in [0.1, 0.15) is 30.0 Å². The molecular weight excluding hydrogens is 708 g/mol. The number of hydrogen-bond acceptors (Lipinski definition) is 10. The summed E-state index contributed by atoms with van der Waals surface area (Å²) >= 11 is 0. The van der Waals surface area contributed by atoms with Crippen LogP contribution >= 0.6 is 0 Å². The Morgan fingerprint density at radius 1 is 0.964 bits per heavy atom. The topological polar surface area (TPSA) is 181 Å². The molecule has 3 N–H and O–H groups in total. The smallest absolute Gasteiger partial charge is 0.329 e. The zero-order valence-electron chi connectivity index (χ0n) is 34.0. The Balaban J connectivity index is 1.76. The molecule has 14 heteroatoms. The van der Waals surface area contributed by atoms with Crippen LogP contribution in [0, 0.1) is 23.2 Å². The zero-order chi connectivity index (χ0) is 40.8. The summed E-state index contributed by atoms with van der Waals surface area (Å²) in [7, 11) is 3.07. The van der Waals surface area contributed by atoms with Gasteiger partial charge in [-0.05, 0) is 74.5 Å². The molecule has 1 aliphatic carbocycles. The lowest BCUT2D eigenvalue weighted by atomic mass is 9.90. The van der Waals surface area contributed by atoms with Gasteiger partial charge in [0.15, 0.2) is 6.10 Å². The maximum atomic E-state index is 14.4. The second-order valence-corrected chi connectivity index (χ2v) is 16.4. The van der Waals surface area contributed by atoms with E-state index in [0.29, 0.717) is 37.9 Å². The average Bonchev–Trinajstić information content (AvgIpc) is 3.82. The van der Waals surface area contributed by atoms with Crippen LogP contribution in [0.25, 0.3) is 0 Å². The lowest BCUT2D eigenvalue weighted by Gasteiger charge is -2.35. The molecule has 14 nitrogen and oxygen atoms in total. The average molecular weight is 771 g/mol. The van der Waals surface area contributed by atoms with E-state index in [1.165, 1.54) is 16.8 Å². The molecule has 1 aromatic carbocycles. The van der Waals surface area contributed by atoms with E-state index >= 15 is 0 Å². The highest BCUT2D eigenvalue weighted by atomic mass is 16.6. The Morgan fingerprint density at radius 2 is 1.62 bits per heavy atom. The Bertz CT molecular complexity index is 1540. The number of aliphatic hydroxyl groups is 1. The molecule has 2 unspecified atom stereocenters. The maximum Gasteiger partial charge on any atom is 0.329 e. The summed E-state index contributed by atoms with van der Waals surface area (Å²) < 4.78 is 17.0. The summed E-state index contributed by atoms with van der Waals surface area (Å²) in [4.78, 5) is 86.8. The van der Waals surface area contributed by atoms with Crippen LogP contribution in [0.15, 0.2) is 24.3 Å². The first-order valence-corrected chi connectivity index (χ1v) is 19.8. The first-order valence-electron chi connectivity index (χ1n) is 19.8. The number of benzene rings is 1. The quantitative estimate of drug-likeness (QED) is 0.333. The summed E-state index contributed by atoms with van der Waals surface area (Å²) in [6, 6.07) is 3.23. The van der Waals surface area contributed by atoms with Crippen LogP contribution < -0.4 is 15.4 Å². The van der Waals surface area contributed by atoms with Gasteiger partial charge in [0.2, 0.25) is 17.7 Å². The zero-order valence-corrected chi connectivity index (χ0v) is 34.0. The largest absolute Gasteiger partial charge is 0.497 e. The van der Waals surface area contributed by atoms with E-state index < -0.39 is 95.8 Å². The number of amides is 4. The van der Waals surface area contributed by atoms with E-state index in [2.05, 4.69) is 10.6 Å². The van der Waals surface area contributed by atoms with Crippen LogP contribution in [0.3, 0.4) is 0 Å². The second kappa shape index (κ2) is 18.6. The molecule has 8 atom stereocenters. The molecule has 3 aliphatic rings. The predicted molar refractivity (Wildman–Crippen MR) is 203 cm³/mol. The van der Waals surface area contributed by atoms with Crippen molar-refractivity contribution in [3.8, 4) is 5.75 Å². The highest BCUT2D eigenvalue weighted by Gasteiger charge is 2.57. The fourth-order valence-electron chi connectivity index (χ4n) is 7.65. The number of ether oxygens (including phenoxy) is 3. The molecule has 0 bridgehead atoms. The Morgan fingerprint density at radius 3 is 2.18 bits per heavy atom. The number of hydrogen-bond donors (Lipinski definition) is 3.